The van der Waals surface area contributed by atoms with E-state index in [9.17, 15) is 83.7 Å². The van der Waals surface area contributed by atoms with Crippen LogP contribution in [0.3, 0.4) is 0 Å². The van der Waals surface area contributed by atoms with Crippen LogP contribution < -0.4 is 10.6 Å². The first-order valence-electron chi connectivity index (χ1n) is 29.0. The molecule has 0 saturated carbocycles. The number of aliphatic hydroxyl groups excluding tert-OH is 7. The van der Waals surface area contributed by atoms with Gasteiger partial charge < -0.3 is 101 Å². The molecule has 1 aliphatic rings. The molecule has 550 valence electrons. The van der Waals surface area contributed by atoms with E-state index in [-0.39, 0.29) is 144 Å². The molecule has 1 heterocycles. The second-order valence-electron chi connectivity index (χ2n) is 21.1. The molecule has 1 fully saturated rings. The summed E-state index contributed by atoms with van der Waals surface area (Å²) >= 11 is 0. The summed E-state index contributed by atoms with van der Waals surface area (Å²) in [4.78, 5) is 134. The van der Waals surface area contributed by atoms with Gasteiger partial charge in [-0.1, -0.05) is 12.8 Å². The zero-order valence-electron chi connectivity index (χ0n) is 52.0. The van der Waals surface area contributed by atoms with Crippen LogP contribution >= 0.6 is 94.7 Å². The number of nitrogens with zero attached hydrogens (tertiary/aromatic N) is 6. The maximum absolute atomic E-state index is 13.5. The summed E-state index contributed by atoms with van der Waals surface area (Å²) in [5.74, 6) is -7.03. The molecule has 0 aliphatic carbocycles. The quantitative estimate of drug-likeness (QED) is 0.0202. The highest BCUT2D eigenvalue weighted by atomic mass is 31.1. The van der Waals surface area contributed by atoms with Crippen molar-refractivity contribution in [3.63, 3.8) is 0 Å². The highest BCUT2D eigenvalue weighted by Gasteiger charge is 2.47. The van der Waals surface area contributed by atoms with E-state index in [2.05, 4.69) is 10.6 Å². The number of carbonyl (C=O) groups is 10. The van der Waals surface area contributed by atoms with Gasteiger partial charge in [0.25, 0.3) is 0 Å². The highest BCUT2D eigenvalue weighted by molar-refractivity contribution is 7.12. The van der Waals surface area contributed by atoms with Crippen LogP contribution in [0.25, 0.3) is 0 Å². The molecular formula is C48H94N8O29P10. The third-order valence-corrected chi connectivity index (χ3v) is 17.0. The number of unbranched alkanes of at least 4 members (excludes halogenated alkanes) is 2. The molecule has 1 saturated heterocycles. The molecule has 0 radical (unpaired) electrons. The van der Waals surface area contributed by atoms with Crippen LogP contribution in [0.15, 0.2) is 0 Å². The van der Waals surface area contributed by atoms with E-state index in [1.54, 1.807) is 9.80 Å². The largest absolute Gasteiger partial charge is 0.451 e. The Morgan fingerprint density at radius 1 is 0.411 bits per heavy atom. The number of hydrogen-bond acceptors (Lipinski definition) is 37. The summed E-state index contributed by atoms with van der Waals surface area (Å²) < 4.78 is 59.4. The van der Waals surface area contributed by atoms with Gasteiger partial charge in [-0.15, -0.1) is 0 Å². The molecule has 1 rings (SSSR count). The van der Waals surface area contributed by atoms with E-state index in [0.29, 0.717) is 25.7 Å². The third-order valence-electron chi connectivity index (χ3n) is 14.5. The van der Waals surface area contributed by atoms with Crippen LogP contribution in [-0.2, 0) is 103 Å². The lowest BCUT2D eigenvalue weighted by molar-refractivity contribution is -0.322. The van der Waals surface area contributed by atoms with Crippen LogP contribution in [-0.4, -0.2) is 330 Å². The summed E-state index contributed by atoms with van der Waals surface area (Å²) in [6, 6.07) is -1.98. The molecule has 37 nitrogen and oxygen atoms in total. The molecule has 95 heavy (non-hydrogen) atoms. The van der Waals surface area contributed by atoms with Crippen LogP contribution in [0.1, 0.15) is 38.5 Å². The van der Waals surface area contributed by atoms with Crippen molar-refractivity contribution in [2.75, 3.05) is 138 Å². The fourth-order valence-corrected chi connectivity index (χ4v) is 10.4. The third kappa shape index (κ3) is 37.2. The Labute approximate surface area is 573 Å². The van der Waals surface area contributed by atoms with E-state index >= 15 is 0 Å². The van der Waals surface area contributed by atoms with Crippen LogP contribution in [0.5, 0.6) is 0 Å². The Bertz CT molecular complexity index is 2160. The summed E-state index contributed by atoms with van der Waals surface area (Å²) in [5.41, 5.74) is 0. The number of rotatable bonds is 52. The van der Waals surface area contributed by atoms with E-state index < -0.39 is 134 Å². The molecule has 0 bridgehead atoms. The van der Waals surface area contributed by atoms with Gasteiger partial charge in [0.1, 0.15) is 54.8 Å². The van der Waals surface area contributed by atoms with Crippen molar-refractivity contribution < 1.29 is 138 Å². The Morgan fingerprint density at radius 2 is 0.726 bits per heavy atom. The molecule has 9 N–H and O–H groups in total. The van der Waals surface area contributed by atoms with Gasteiger partial charge in [0.2, 0.25) is 0 Å². The molecule has 1 aliphatic heterocycles. The molecule has 21 unspecified atom stereocenters. The highest BCUT2D eigenvalue weighted by Crippen LogP contribution is 2.26. The lowest BCUT2D eigenvalue weighted by Crippen LogP contribution is -2.62. The molecule has 0 aromatic rings. The first kappa shape index (κ1) is 91.3. The van der Waals surface area contributed by atoms with Gasteiger partial charge >= 0.3 is 59.7 Å². The number of ether oxygens (including phenoxy) is 2. The van der Waals surface area contributed by atoms with Gasteiger partial charge in [-0.2, -0.15) is 0 Å². The summed E-state index contributed by atoms with van der Waals surface area (Å²) in [6.07, 6.45) is -14.7. The predicted octanol–water partition coefficient (Wildman–Crippen LogP) is -6.34. The lowest BCUT2D eigenvalue weighted by Gasteiger charge is -2.43. The minimum absolute atomic E-state index is 0.000534. The molecule has 0 spiro atoms. The van der Waals surface area contributed by atoms with E-state index in [1.807, 2.05) is 94.7 Å². The van der Waals surface area contributed by atoms with E-state index in [0.717, 1.165) is 0 Å². The van der Waals surface area contributed by atoms with Crippen molar-refractivity contribution >= 4 is 154 Å². The minimum atomic E-state index is -1.99. The summed E-state index contributed by atoms with van der Waals surface area (Å²) in [6.45, 7) is -3.90. The molecular weight excluding hydrogens is 1460 g/mol. The Kier molecular flexibility index (Phi) is 51.1. The number of hydrogen-bond donors (Lipinski definition) is 9. The Balaban J connectivity index is 3.20. The normalized spacial score (nSPS) is 18.3. The average Bonchev–Trinajstić information content (AvgIpc) is 0.841. The second kappa shape index (κ2) is 53.2. The summed E-state index contributed by atoms with van der Waals surface area (Å²) in [7, 11) is 18.3. The van der Waals surface area contributed by atoms with Crippen molar-refractivity contribution in [3.8, 4) is 0 Å². The standard InChI is InChI=1S/C48H94N8O29P10/c57-27-31(59)45(41(68)30(58)17-49-7-3-1-5-28(46(72)84-94)55(13-9-51(19-33(60)76-86)20-34(61)77-87)14-10-52(21-35(62)78-88)22-36(63)79-89)75-48-44(71)43(70)42(69)32(74-48)18-50-8-4-2-6-29(47(73)85-95)56(15-11-53(23-37(64)80-90)24-38(65)81-91)16-12-54(25-39(66)82-92)26-40(67)83-93/h28-32,41-45,48-50,57-59,68-71H,1-27,86-95H2. The smallest absolute Gasteiger partial charge is 0.325 e. The fraction of sp³-hybridized carbons (Fsp3) is 0.792. The monoisotopic (exact) mass is 1560 g/mol. The fourth-order valence-electron chi connectivity index (χ4n) is 9.46. The number of aliphatic hydroxyl groups is 7. The topological polar surface area (TPSA) is 467 Å². The lowest BCUT2D eigenvalue weighted by atomic mass is 9.98. The molecule has 0 amide bonds. The zero-order valence-corrected chi connectivity index (χ0v) is 63.6. The maximum atomic E-state index is 13.5. The molecule has 21 atom stereocenters. The number of nitrogens with one attached hydrogen (secondary N) is 2. The van der Waals surface area contributed by atoms with Gasteiger partial charge in [0.15, 0.2) is 6.29 Å². The summed E-state index contributed by atoms with van der Waals surface area (Å²) in [5, 5.41) is 82.2. The van der Waals surface area contributed by atoms with Crippen molar-refractivity contribution in [3.05, 3.63) is 0 Å². The van der Waals surface area contributed by atoms with Crippen molar-refractivity contribution in [1.29, 1.82) is 0 Å². The van der Waals surface area contributed by atoms with Crippen molar-refractivity contribution in [2.24, 2.45) is 0 Å². The SMILES string of the molecule is O=C(CN(CCN(CCN(CC(=O)OP)CC(=O)OP)C(CCCCNCC(O)C(O)C(OC1OC(CNCCCCC(C(=O)OP)N(CCN(CC(=O)OP)CC(=O)OP)CCN(CC(=O)OP)CC(=O)OP)C(O)C(O)C1O)C(O)CO)C(=O)OP)CC(=O)OP)OP. The average molecular weight is 1560 g/mol. The maximum Gasteiger partial charge on any atom is 0.325 e. The molecule has 47 heteroatoms. The van der Waals surface area contributed by atoms with Gasteiger partial charge in [-0.25, -0.2) is 0 Å². The minimum Gasteiger partial charge on any atom is -0.451 e. The first-order chi connectivity index (χ1) is 45.2. The van der Waals surface area contributed by atoms with E-state index in [1.165, 1.54) is 19.6 Å². The molecule has 0 aromatic heterocycles. The van der Waals surface area contributed by atoms with Crippen molar-refractivity contribution in [1.82, 2.24) is 40.0 Å². The van der Waals surface area contributed by atoms with Gasteiger partial charge in [-0.05, 0) is 38.8 Å². The second-order valence-corrected chi connectivity index (χ2v) is 23.4. The van der Waals surface area contributed by atoms with Gasteiger partial charge in [0.05, 0.1) is 160 Å². The van der Waals surface area contributed by atoms with Crippen LogP contribution in [0.2, 0.25) is 0 Å². The van der Waals surface area contributed by atoms with Crippen LogP contribution in [0, 0.1) is 0 Å². The number of carbonyl (C=O) groups excluding carboxylic acids is 10. The van der Waals surface area contributed by atoms with Crippen molar-refractivity contribution in [2.45, 2.75) is 106 Å². The van der Waals surface area contributed by atoms with Gasteiger partial charge in [-0.3, -0.25) is 77.3 Å². The molecule has 0 aromatic carbocycles. The Hall–Kier alpha value is -1.68. The van der Waals surface area contributed by atoms with E-state index in [4.69, 9.17) is 54.7 Å². The Morgan fingerprint density at radius 3 is 1.02 bits per heavy atom. The predicted molar refractivity (Wildman–Crippen MR) is 365 cm³/mol. The van der Waals surface area contributed by atoms with Crippen LogP contribution in [0.4, 0.5) is 0 Å². The zero-order chi connectivity index (χ0) is 71.6. The first-order valence-corrected chi connectivity index (χ1v) is 33.7. The van der Waals surface area contributed by atoms with Gasteiger partial charge in [0, 0.05) is 65.4 Å².